The van der Waals surface area contributed by atoms with Crippen molar-refractivity contribution in [2.45, 2.75) is 83.2 Å². The van der Waals surface area contributed by atoms with Crippen LogP contribution in [0.4, 0.5) is 22.7 Å². The molecule has 16 heteroatoms. The smallest absolute Gasteiger partial charge is 0.335 e. The van der Waals surface area contributed by atoms with Crippen molar-refractivity contribution < 1.29 is 38.1 Å². The molecule has 0 spiro atoms. The summed E-state index contributed by atoms with van der Waals surface area (Å²) in [6, 6.07) is 43.1. The zero-order valence-electron chi connectivity index (χ0n) is 47.1. The molecule has 9 aromatic rings. The molecule has 0 fully saturated rings. The molecule has 0 amide bonds. The van der Waals surface area contributed by atoms with E-state index < -0.39 is 0 Å². The molecule has 0 aliphatic rings. The fourth-order valence-corrected chi connectivity index (χ4v) is 9.05. The highest BCUT2D eigenvalue weighted by Gasteiger charge is 2.12. The van der Waals surface area contributed by atoms with E-state index >= 15 is 0 Å². The van der Waals surface area contributed by atoms with Crippen molar-refractivity contribution >= 4 is 111 Å². The number of hydrogen-bond donors (Lipinski definition) is 5. The van der Waals surface area contributed by atoms with Crippen LogP contribution in [0.5, 0.6) is 0 Å². The van der Waals surface area contributed by atoms with Gasteiger partial charge < -0.3 is 44.8 Å². The number of nitrogens with one attached hydrogen (secondary N) is 5. The summed E-state index contributed by atoms with van der Waals surface area (Å²) >= 11 is 1.79. The lowest BCUT2D eigenvalue weighted by Gasteiger charge is -2.06. The van der Waals surface area contributed by atoms with Gasteiger partial charge in [-0.2, -0.15) is 5.10 Å². The fraction of sp³-hybridized carbons (Fsp3) is 0.246. The van der Waals surface area contributed by atoms with Gasteiger partial charge in [-0.3, -0.25) is 5.10 Å². The number of hydrogen-bond acceptors (Lipinski definition) is 14. The number of carbonyl (C=O) groups excluding carboxylic acids is 4. The quantitative estimate of drug-likeness (QED) is 0.0330. The summed E-state index contributed by atoms with van der Waals surface area (Å²) in [5.74, 6) is -1.19. The number of para-hydroxylation sites is 1. The van der Waals surface area contributed by atoms with Gasteiger partial charge in [-0.15, -0.1) is 11.3 Å². The number of ether oxygens (including phenoxy) is 4. The molecule has 15 nitrogen and oxygen atoms in total. The predicted molar refractivity (Wildman–Crippen MR) is 335 cm³/mol. The second-order valence-electron chi connectivity index (χ2n) is 18.1. The van der Waals surface area contributed by atoms with Crippen LogP contribution in [0.2, 0.25) is 0 Å². The van der Waals surface area contributed by atoms with Gasteiger partial charge >= 0.3 is 23.9 Å². The van der Waals surface area contributed by atoms with Crippen LogP contribution < -0.4 is 21.3 Å². The second-order valence-corrected chi connectivity index (χ2v) is 19.2. The van der Waals surface area contributed by atoms with Crippen molar-refractivity contribution in [2.75, 3.05) is 47.7 Å². The third-order valence-corrected chi connectivity index (χ3v) is 13.3. The number of carbonyl (C=O) groups is 4. The minimum absolute atomic E-state index is 0. The highest BCUT2D eigenvalue weighted by molar-refractivity contribution is 7.25. The maximum absolute atomic E-state index is 11.7. The Kier molecular flexibility index (Phi) is 24.3. The van der Waals surface area contributed by atoms with Gasteiger partial charge in [-0.25, -0.2) is 19.2 Å². The largest absolute Gasteiger partial charge is 0.463 e. The molecule has 0 atom stereocenters. The number of fused-ring (bicyclic) bond motifs is 7. The number of aromatic nitrogens is 3. The van der Waals surface area contributed by atoms with Crippen LogP contribution in [0, 0.1) is 6.92 Å². The minimum atomic E-state index is -0.311. The molecular weight excluding hydrogens is 1040 g/mol. The number of aromatic amines is 1. The Bertz CT molecular complexity index is 3700. The summed E-state index contributed by atoms with van der Waals surface area (Å²) in [6.07, 6.45) is 8.43. The van der Waals surface area contributed by atoms with Gasteiger partial charge in [-0.05, 0) is 148 Å². The van der Waals surface area contributed by atoms with E-state index in [1.165, 1.54) is 47.5 Å². The van der Waals surface area contributed by atoms with Gasteiger partial charge in [0.15, 0.2) is 0 Å². The molecule has 0 aliphatic carbocycles. The molecular formula is C65H75N7O8S. The normalized spacial score (nSPS) is 11.5. The molecule has 0 aliphatic heterocycles. The van der Waals surface area contributed by atoms with Crippen LogP contribution in [0.15, 0.2) is 181 Å². The number of benzene rings is 6. The van der Waals surface area contributed by atoms with Crippen molar-refractivity contribution in [3.63, 3.8) is 0 Å². The van der Waals surface area contributed by atoms with E-state index in [4.69, 9.17) is 18.9 Å². The Balaban J connectivity index is 0.000000200. The van der Waals surface area contributed by atoms with Crippen LogP contribution in [-0.2, 0) is 44.7 Å². The molecule has 9 rings (SSSR count). The van der Waals surface area contributed by atoms with Crippen LogP contribution in [0.3, 0.4) is 0 Å². The lowest BCUT2D eigenvalue weighted by Crippen LogP contribution is -2.06. The zero-order chi connectivity index (χ0) is 57.6. The molecule has 3 aromatic heterocycles. The third kappa shape index (κ3) is 17.7. The molecule has 5 N–H and O–H groups in total. The lowest BCUT2D eigenvalue weighted by molar-refractivity contribution is -0.139. The fourth-order valence-electron chi connectivity index (χ4n) is 7.96. The first kappa shape index (κ1) is 62.7. The van der Waals surface area contributed by atoms with Gasteiger partial charge in [0.05, 0.1) is 60.4 Å². The molecule has 81 heavy (non-hydrogen) atoms. The molecule has 0 unspecified atom stereocenters. The second kappa shape index (κ2) is 31.4. The first-order valence-electron chi connectivity index (χ1n) is 26.5. The minimum Gasteiger partial charge on any atom is -0.463 e. The van der Waals surface area contributed by atoms with E-state index in [2.05, 4.69) is 116 Å². The maximum Gasteiger partial charge on any atom is 0.335 e. The number of nitrogens with zero attached hydrogens (tertiary/aromatic N) is 2. The first-order chi connectivity index (χ1) is 38.7. The number of H-pyrrole nitrogens is 1. The molecule has 3 heterocycles. The van der Waals surface area contributed by atoms with Gasteiger partial charge in [0.2, 0.25) is 0 Å². The van der Waals surface area contributed by atoms with Crippen LogP contribution >= 0.6 is 11.3 Å². The van der Waals surface area contributed by atoms with E-state index in [0.717, 1.165) is 40.2 Å². The van der Waals surface area contributed by atoms with E-state index in [-0.39, 0.29) is 31.3 Å². The van der Waals surface area contributed by atoms with E-state index in [1.54, 1.807) is 97.7 Å². The van der Waals surface area contributed by atoms with Gasteiger partial charge in [0, 0.05) is 101 Å². The first-order valence-corrected chi connectivity index (χ1v) is 27.3. The summed E-state index contributed by atoms with van der Waals surface area (Å²) in [5, 5.41) is 25.3. The Morgan fingerprint density at radius 2 is 0.914 bits per heavy atom. The van der Waals surface area contributed by atoms with Crippen molar-refractivity contribution in [3.05, 3.63) is 186 Å². The maximum atomic E-state index is 11.7. The number of thiophene rings is 1. The highest BCUT2D eigenvalue weighted by atomic mass is 32.1. The van der Waals surface area contributed by atoms with Gasteiger partial charge in [-0.1, -0.05) is 61.5 Å². The summed E-state index contributed by atoms with van der Waals surface area (Å²) in [4.78, 5) is 45.9. The van der Waals surface area contributed by atoms with E-state index in [9.17, 15) is 19.2 Å². The standard InChI is InChI=1S/C20H22N2O2.C18H17NO2S.C13H15N3O2.C13H17NO2.CH4/c1-4-22-18-9-7-6-8-16(18)17-12-15(10-11-19(17)22)21-13-14(3)20(23)24-5-2;1-3-21-18(20)12(2)11-19-13-8-9-17-15(10-13)14-6-4-5-7-16(14)22-17;1-3-18-13(17)9(2)7-14-11-4-5-12-10(6-11)8-15-16-12;1-4-16-13(15)11(3)9-14-12-7-5-10(2)6-8-12;/h6-13,21H,4-5H2,1-3H3;4-11,19H,3H2,1-2H3;4-8,14H,3H2,1-2H3,(H,15,16);5-9,14H,4H2,1-3H3;1H4/b14-13-;12-11-;9-7-;11-9-;. The monoisotopic (exact) mass is 1110 g/mol. The number of aryl methyl sites for hydroxylation is 2. The highest BCUT2D eigenvalue weighted by Crippen LogP contribution is 2.35. The van der Waals surface area contributed by atoms with Crippen molar-refractivity contribution in [1.29, 1.82) is 0 Å². The summed E-state index contributed by atoms with van der Waals surface area (Å²) in [5.41, 5.74) is 10.6. The van der Waals surface area contributed by atoms with Crippen molar-refractivity contribution in [3.8, 4) is 0 Å². The predicted octanol–water partition coefficient (Wildman–Crippen LogP) is 15.6. The van der Waals surface area contributed by atoms with E-state index in [0.29, 0.717) is 48.7 Å². The average molecular weight is 1110 g/mol. The van der Waals surface area contributed by atoms with Crippen molar-refractivity contribution in [2.24, 2.45) is 0 Å². The molecule has 0 radical (unpaired) electrons. The number of anilines is 4. The Morgan fingerprint density at radius 1 is 0.494 bits per heavy atom. The van der Waals surface area contributed by atoms with Gasteiger partial charge in [0.1, 0.15) is 0 Å². The molecule has 0 saturated carbocycles. The van der Waals surface area contributed by atoms with E-state index in [1.807, 2.05) is 61.5 Å². The zero-order valence-corrected chi connectivity index (χ0v) is 47.9. The van der Waals surface area contributed by atoms with Crippen LogP contribution in [0.25, 0.3) is 52.9 Å². The SMILES string of the molecule is C.CCOC(=O)/C(C)=C\Nc1ccc(C)cc1.CCOC(=O)/C(C)=C\Nc1ccc2[nH]ncc2c1.CCOC(=O)/C(C)=C\Nc1ccc2c(c1)c1ccccc1n2CC.CCOC(=O)/C(C)=C\Nc1ccc2sc3ccccc3c2c1. The topological polar surface area (TPSA) is 187 Å². The average Bonchev–Trinajstić information content (AvgIpc) is 4.34. The molecule has 0 bridgehead atoms. The van der Waals surface area contributed by atoms with Crippen LogP contribution in [0.1, 0.15) is 75.3 Å². The third-order valence-electron chi connectivity index (χ3n) is 12.2. The Morgan fingerprint density at radius 3 is 1.44 bits per heavy atom. The van der Waals surface area contributed by atoms with Crippen molar-refractivity contribution in [1.82, 2.24) is 14.8 Å². The summed E-state index contributed by atoms with van der Waals surface area (Å²) in [6.45, 7) is 20.7. The molecule has 424 valence electrons. The Hall–Kier alpha value is -9.15. The number of esters is 4. The van der Waals surface area contributed by atoms with Gasteiger partial charge in [0.25, 0.3) is 0 Å². The molecule has 0 saturated heterocycles. The summed E-state index contributed by atoms with van der Waals surface area (Å²) < 4.78 is 24.6. The lowest BCUT2D eigenvalue weighted by atomic mass is 10.1. The summed E-state index contributed by atoms with van der Waals surface area (Å²) in [7, 11) is 0. The van der Waals surface area contributed by atoms with Crippen LogP contribution in [-0.4, -0.2) is 65.1 Å². The molecule has 6 aromatic carbocycles. The Labute approximate surface area is 478 Å². The number of rotatable bonds is 17.